The van der Waals surface area contributed by atoms with Gasteiger partial charge in [-0.25, -0.2) is 0 Å². The van der Waals surface area contributed by atoms with Gasteiger partial charge >= 0.3 is 0 Å². The lowest BCUT2D eigenvalue weighted by Crippen LogP contribution is -2.46. The summed E-state index contributed by atoms with van der Waals surface area (Å²) >= 11 is 0. The molecule has 0 unspecified atom stereocenters. The quantitative estimate of drug-likeness (QED) is 0.443. The standard InChI is InChI=1S/C29H32N2O6/c1-7-37-23-11-9-8-10-22(23)30(2)29(33)26-20-16-24(35-5)25(36-6)17-21(20)28(32)31(3)27(26)18-12-14-19(34-4)15-13-18/h8-17,26-27H,7H2,1-6H3/t26-,27-/m0/s1. The summed E-state index contributed by atoms with van der Waals surface area (Å²) in [5.74, 6) is 1.03. The fourth-order valence-electron chi connectivity index (χ4n) is 4.87. The molecule has 1 heterocycles. The molecule has 1 aliphatic rings. The number of benzene rings is 3. The monoisotopic (exact) mass is 504 g/mol. The first-order valence-corrected chi connectivity index (χ1v) is 12.0. The van der Waals surface area contributed by atoms with Crippen molar-refractivity contribution in [2.24, 2.45) is 0 Å². The van der Waals surface area contributed by atoms with Crippen LogP contribution in [0, 0.1) is 0 Å². The van der Waals surface area contributed by atoms with Crippen molar-refractivity contribution in [3.8, 4) is 23.0 Å². The minimum atomic E-state index is -0.731. The molecule has 0 radical (unpaired) electrons. The number of nitrogens with zero attached hydrogens (tertiary/aromatic N) is 2. The van der Waals surface area contributed by atoms with Gasteiger partial charge in [-0.1, -0.05) is 24.3 Å². The summed E-state index contributed by atoms with van der Waals surface area (Å²) in [6, 6.07) is 17.6. The third-order valence-corrected chi connectivity index (χ3v) is 6.75. The van der Waals surface area contributed by atoms with E-state index in [2.05, 4.69) is 0 Å². The second-order valence-corrected chi connectivity index (χ2v) is 8.70. The van der Waals surface area contributed by atoms with E-state index in [1.54, 1.807) is 43.1 Å². The fraction of sp³-hybridized carbons (Fsp3) is 0.310. The van der Waals surface area contributed by atoms with Gasteiger partial charge in [-0.05, 0) is 54.4 Å². The van der Waals surface area contributed by atoms with Gasteiger partial charge in [0.15, 0.2) is 11.5 Å². The summed E-state index contributed by atoms with van der Waals surface area (Å²) in [4.78, 5) is 31.2. The average molecular weight is 505 g/mol. The van der Waals surface area contributed by atoms with Crippen LogP contribution in [0.2, 0.25) is 0 Å². The van der Waals surface area contributed by atoms with Gasteiger partial charge in [-0.3, -0.25) is 9.59 Å². The van der Waals surface area contributed by atoms with E-state index in [4.69, 9.17) is 18.9 Å². The average Bonchev–Trinajstić information content (AvgIpc) is 2.94. The number of carbonyl (C=O) groups excluding carboxylic acids is 2. The number of amides is 2. The third-order valence-electron chi connectivity index (χ3n) is 6.75. The number of hydrogen-bond acceptors (Lipinski definition) is 6. The largest absolute Gasteiger partial charge is 0.497 e. The molecule has 0 saturated heterocycles. The first-order valence-electron chi connectivity index (χ1n) is 12.0. The Hall–Kier alpha value is -4.20. The van der Waals surface area contributed by atoms with Crippen molar-refractivity contribution >= 4 is 17.5 Å². The molecule has 0 bridgehead atoms. The molecule has 0 spiro atoms. The molecule has 8 heteroatoms. The molecule has 3 aromatic rings. The summed E-state index contributed by atoms with van der Waals surface area (Å²) in [6.07, 6.45) is 0. The zero-order chi connectivity index (χ0) is 26.7. The number of anilines is 1. The molecule has 8 nitrogen and oxygen atoms in total. The molecule has 0 aliphatic carbocycles. The van der Waals surface area contributed by atoms with E-state index in [0.717, 1.165) is 5.56 Å². The maximum Gasteiger partial charge on any atom is 0.254 e. The Morgan fingerprint density at radius 2 is 1.57 bits per heavy atom. The normalized spacial score (nSPS) is 16.6. The van der Waals surface area contributed by atoms with Crippen LogP contribution in [0.4, 0.5) is 5.69 Å². The molecular formula is C29H32N2O6. The summed E-state index contributed by atoms with van der Waals surface area (Å²) < 4.78 is 22.1. The van der Waals surface area contributed by atoms with Gasteiger partial charge in [0, 0.05) is 19.7 Å². The first-order chi connectivity index (χ1) is 17.9. The number of fused-ring (bicyclic) bond motifs is 1. The molecule has 4 rings (SSSR count). The van der Waals surface area contributed by atoms with Gasteiger partial charge in [0.1, 0.15) is 11.5 Å². The minimum Gasteiger partial charge on any atom is -0.497 e. The van der Waals surface area contributed by atoms with Gasteiger partial charge < -0.3 is 28.7 Å². The molecule has 37 heavy (non-hydrogen) atoms. The van der Waals surface area contributed by atoms with Crippen LogP contribution < -0.4 is 23.8 Å². The van der Waals surface area contributed by atoms with Crippen LogP contribution in [0.25, 0.3) is 0 Å². The SMILES string of the molecule is CCOc1ccccc1N(C)C(=O)[C@H]1c2cc(OC)c(OC)cc2C(=O)N(C)[C@H]1c1ccc(OC)cc1. The van der Waals surface area contributed by atoms with Crippen molar-refractivity contribution in [1.82, 2.24) is 4.90 Å². The van der Waals surface area contributed by atoms with Crippen molar-refractivity contribution < 1.29 is 28.5 Å². The van der Waals surface area contributed by atoms with E-state index in [1.807, 2.05) is 55.5 Å². The minimum absolute atomic E-state index is 0.194. The number of methoxy groups -OCH3 is 3. The Kier molecular flexibility index (Phi) is 7.57. The smallest absolute Gasteiger partial charge is 0.254 e. The number of para-hydroxylation sites is 2. The summed E-state index contributed by atoms with van der Waals surface area (Å²) in [5, 5.41) is 0. The molecule has 0 fully saturated rings. The Morgan fingerprint density at radius 1 is 0.919 bits per heavy atom. The maximum atomic E-state index is 14.4. The number of likely N-dealkylation sites (N-methyl/N-ethyl adjacent to an activating group) is 2. The van der Waals surface area contributed by atoms with E-state index in [-0.39, 0.29) is 11.8 Å². The van der Waals surface area contributed by atoms with Crippen molar-refractivity contribution in [3.05, 3.63) is 77.4 Å². The summed E-state index contributed by atoms with van der Waals surface area (Å²) in [7, 11) is 8.08. The third kappa shape index (κ3) is 4.67. The van der Waals surface area contributed by atoms with Crippen molar-refractivity contribution in [3.63, 3.8) is 0 Å². The molecule has 0 aromatic heterocycles. The van der Waals surface area contributed by atoms with Gasteiger partial charge in [0.05, 0.1) is 45.6 Å². The van der Waals surface area contributed by atoms with Gasteiger partial charge in [-0.2, -0.15) is 0 Å². The van der Waals surface area contributed by atoms with E-state index >= 15 is 0 Å². The molecular weight excluding hydrogens is 472 g/mol. The number of ether oxygens (including phenoxy) is 4. The number of hydrogen-bond donors (Lipinski definition) is 0. The lowest BCUT2D eigenvalue weighted by molar-refractivity contribution is -0.121. The van der Waals surface area contributed by atoms with E-state index in [0.29, 0.717) is 46.4 Å². The molecule has 194 valence electrons. The number of carbonyl (C=O) groups is 2. The molecule has 2 atom stereocenters. The Bertz CT molecular complexity index is 1290. The van der Waals surface area contributed by atoms with Crippen LogP contribution in [-0.4, -0.2) is 58.7 Å². The van der Waals surface area contributed by atoms with Gasteiger partial charge in [0.25, 0.3) is 5.91 Å². The van der Waals surface area contributed by atoms with Crippen molar-refractivity contribution in [2.75, 3.05) is 46.9 Å². The molecule has 0 saturated carbocycles. The van der Waals surface area contributed by atoms with Crippen LogP contribution in [0.1, 0.15) is 40.4 Å². The summed E-state index contributed by atoms with van der Waals surface area (Å²) in [6.45, 7) is 2.37. The zero-order valence-electron chi connectivity index (χ0n) is 22.0. The van der Waals surface area contributed by atoms with Crippen molar-refractivity contribution in [1.29, 1.82) is 0 Å². The highest BCUT2D eigenvalue weighted by Gasteiger charge is 2.45. The fourth-order valence-corrected chi connectivity index (χ4v) is 4.87. The predicted octanol–water partition coefficient (Wildman–Crippen LogP) is 4.68. The van der Waals surface area contributed by atoms with Crippen molar-refractivity contribution in [2.45, 2.75) is 18.9 Å². The Labute approximate surface area is 217 Å². The van der Waals surface area contributed by atoms with Gasteiger partial charge in [0.2, 0.25) is 5.91 Å². The molecule has 1 aliphatic heterocycles. The van der Waals surface area contributed by atoms with E-state index in [1.165, 1.54) is 14.2 Å². The second kappa shape index (κ2) is 10.8. The van der Waals surface area contributed by atoms with Crippen LogP contribution in [0.15, 0.2) is 60.7 Å². The predicted molar refractivity (Wildman–Crippen MR) is 141 cm³/mol. The zero-order valence-corrected chi connectivity index (χ0v) is 22.0. The van der Waals surface area contributed by atoms with Crippen LogP contribution in [0.5, 0.6) is 23.0 Å². The topological polar surface area (TPSA) is 77.5 Å². The Balaban J connectivity index is 1.91. The second-order valence-electron chi connectivity index (χ2n) is 8.70. The first kappa shape index (κ1) is 25.9. The highest BCUT2D eigenvalue weighted by molar-refractivity contribution is 6.06. The van der Waals surface area contributed by atoms with E-state index < -0.39 is 12.0 Å². The van der Waals surface area contributed by atoms with Crippen LogP contribution in [-0.2, 0) is 4.79 Å². The highest BCUT2D eigenvalue weighted by atomic mass is 16.5. The lowest BCUT2D eigenvalue weighted by Gasteiger charge is -2.41. The van der Waals surface area contributed by atoms with Crippen LogP contribution in [0.3, 0.4) is 0 Å². The number of rotatable bonds is 8. The highest BCUT2D eigenvalue weighted by Crippen LogP contribution is 2.47. The lowest BCUT2D eigenvalue weighted by atomic mass is 9.78. The van der Waals surface area contributed by atoms with E-state index in [9.17, 15) is 9.59 Å². The maximum absolute atomic E-state index is 14.4. The van der Waals surface area contributed by atoms with Gasteiger partial charge in [-0.15, -0.1) is 0 Å². The molecule has 3 aromatic carbocycles. The Morgan fingerprint density at radius 3 is 2.19 bits per heavy atom. The molecule has 0 N–H and O–H groups in total. The van der Waals surface area contributed by atoms with Crippen LogP contribution >= 0.6 is 0 Å². The summed E-state index contributed by atoms with van der Waals surface area (Å²) in [5.41, 5.74) is 2.42. The molecule has 2 amide bonds.